The summed E-state index contributed by atoms with van der Waals surface area (Å²) < 4.78 is 1.52. The second kappa shape index (κ2) is 10.9. The number of nitrogens with zero attached hydrogens (tertiary/aromatic N) is 5. The SMILES string of the molecule is CCCCn1c(=O)c([N+](=O)[O-])c(N2CCN(C(c3ccccc3)c3ccccc3)CC2)c2ncccc21. The number of aryl methyl sites for hydroxylation is 1. The van der Waals surface area contributed by atoms with Crippen molar-refractivity contribution in [3.05, 3.63) is 111 Å². The number of rotatable bonds is 8. The van der Waals surface area contributed by atoms with E-state index in [1.54, 1.807) is 12.3 Å². The van der Waals surface area contributed by atoms with E-state index >= 15 is 0 Å². The Morgan fingerprint density at radius 3 is 2.11 bits per heavy atom. The number of aromatic nitrogens is 2. The van der Waals surface area contributed by atoms with E-state index in [1.807, 2.05) is 30.0 Å². The standard InChI is InChI=1S/C29H31N5O3/c1-2-3-17-33-24-15-10-16-30-25(24)27(28(29(33)35)34(36)37)32-20-18-31(19-21-32)26(22-11-6-4-7-12-22)23-13-8-5-9-14-23/h4-16,26H,2-3,17-21H2,1H3. The maximum absolute atomic E-state index is 13.4. The van der Waals surface area contributed by atoms with Crippen molar-refractivity contribution in [1.29, 1.82) is 0 Å². The van der Waals surface area contributed by atoms with Crippen molar-refractivity contribution in [3.63, 3.8) is 0 Å². The first-order valence-corrected chi connectivity index (χ1v) is 12.8. The van der Waals surface area contributed by atoms with Gasteiger partial charge in [0.2, 0.25) is 0 Å². The molecule has 0 N–H and O–H groups in total. The summed E-state index contributed by atoms with van der Waals surface area (Å²) in [5, 5.41) is 12.2. The van der Waals surface area contributed by atoms with Crippen LogP contribution in [0.4, 0.5) is 11.4 Å². The molecule has 2 aromatic heterocycles. The zero-order chi connectivity index (χ0) is 25.8. The maximum Gasteiger partial charge on any atom is 0.359 e. The van der Waals surface area contributed by atoms with Crippen LogP contribution in [-0.2, 0) is 6.54 Å². The molecule has 1 aliphatic rings. The number of unbranched alkanes of at least 4 members (excludes halogenated alkanes) is 1. The summed E-state index contributed by atoms with van der Waals surface area (Å²) in [6, 6.07) is 24.5. The lowest BCUT2D eigenvalue weighted by molar-refractivity contribution is -0.385. The van der Waals surface area contributed by atoms with Crippen molar-refractivity contribution in [1.82, 2.24) is 14.5 Å². The van der Waals surface area contributed by atoms with Crippen LogP contribution in [0.15, 0.2) is 83.8 Å². The van der Waals surface area contributed by atoms with E-state index < -0.39 is 10.5 Å². The Bertz CT molecular complexity index is 1390. The van der Waals surface area contributed by atoms with Gasteiger partial charge in [-0.3, -0.25) is 24.8 Å². The summed E-state index contributed by atoms with van der Waals surface area (Å²) in [6.07, 6.45) is 3.29. The molecule has 190 valence electrons. The summed E-state index contributed by atoms with van der Waals surface area (Å²) in [5.41, 5.74) is 2.99. The summed E-state index contributed by atoms with van der Waals surface area (Å²) in [7, 11) is 0. The zero-order valence-corrected chi connectivity index (χ0v) is 21.0. The van der Waals surface area contributed by atoms with E-state index in [1.165, 1.54) is 15.7 Å². The van der Waals surface area contributed by atoms with Crippen LogP contribution < -0.4 is 10.5 Å². The highest BCUT2D eigenvalue weighted by molar-refractivity contribution is 5.93. The van der Waals surface area contributed by atoms with Gasteiger partial charge < -0.3 is 9.47 Å². The van der Waals surface area contributed by atoms with Crippen LogP contribution in [0.25, 0.3) is 11.0 Å². The van der Waals surface area contributed by atoms with Gasteiger partial charge in [0.25, 0.3) is 0 Å². The molecular weight excluding hydrogens is 466 g/mol. The van der Waals surface area contributed by atoms with Gasteiger partial charge in [-0.1, -0.05) is 74.0 Å². The maximum atomic E-state index is 13.4. The average Bonchev–Trinajstić information content (AvgIpc) is 2.94. The number of anilines is 1. The molecule has 0 aliphatic carbocycles. The molecule has 0 spiro atoms. The molecule has 0 unspecified atom stereocenters. The third-order valence-corrected chi connectivity index (χ3v) is 7.12. The monoisotopic (exact) mass is 497 g/mol. The molecule has 2 aromatic carbocycles. The lowest BCUT2D eigenvalue weighted by atomic mass is 9.96. The van der Waals surface area contributed by atoms with E-state index in [0.29, 0.717) is 49.4 Å². The van der Waals surface area contributed by atoms with Crippen molar-refractivity contribution in [3.8, 4) is 0 Å². The number of piperazine rings is 1. The first-order chi connectivity index (χ1) is 18.1. The number of hydrogen-bond acceptors (Lipinski definition) is 6. The average molecular weight is 498 g/mol. The third-order valence-electron chi connectivity index (χ3n) is 7.12. The Morgan fingerprint density at radius 2 is 1.54 bits per heavy atom. The smallest absolute Gasteiger partial charge is 0.359 e. The summed E-state index contributed by atoms with van der Waals surface area (Å²) in [6.45, 7) is 4.97. The number of hydrogen-bond donors (Lipinski definition) is 0. The zero-order valence-electron chi connectivity index (χ0n) is 21.0. The van der Waals surface area contributed by atoms with Gasteiger partial charge >= 0.3 is 11.2 Å². The van der Waals surface area contributed by atoms with Crippen LogP contribution in [0.2, 0.25) is 0 Å². The second-order valence-corrected chi connectivity index (χ2v) is 9.38. The van der Waals surface area contributed by atoms with Gasteiger partial charge in [-0.15, -0.1) is 0 Å². The highest BCUT2D eigenvalue weighted by atomic mass is 16.6. The molecule has 1 saturated heterocycles. The van der Waals surface area contributed by atoms with Gasteiger partial charge in [0.05, 0.1) is 16.5 Å². The molecule has 8 nitrogen and oxygen atoms in total. The quantitative estimate of drug-likeness (QED) is 0.251. The van der Waals surface area contributed by atoms with E-state index in [4.69, 9.17) is 0 Å². The topological polar surface area (TPSA) is 84.5 Å². The molecule has 1 aliphatic heterocycles. The predicted octanol–water partition coefficient (Wildman–Crippen LogP) is 5.02. The Balaban J connectivity index is 1.51. The van der Waals surface area contributed by atoms with E-state index in [-0.39, 0.29) is 11.7 Å². The summed E-state index contributed by atoms with van der Waals surface area (Å²) in [5.74, 6) is 0. The van der Waals surface area contributed by atoms with Gasteiger partial charge in [0, 0.05) is 38.9 Å². The van der Waals surface area contributed by atoms with Gasteiger partial charge in [-0.05, 0) is 29.7 Å². The van der Waals surface area contributed by atoms with Crippen LogP contribution in [0.1, 0.15) is 36.9 Å². The molecule has 4 aromatic rings. The van der Waals surface area contributed by atoms with Crippen LogP contribution in [-0.4, -0.2) is 45.6 Å². The van der Waals surface area contributed by atoms with Crippen molar-refractivity contribution < 1.29 is 4.92 Å². The largest absolute Gasteiger partial charge is 0.361 e. The van der Waals surface area contributed by atoms with Gasteiger partial charge in [0.15, 0.2) is 0 Å². The summed E-state index contributed by atoms with van der Waals surface area (Å²) in [4.78, 5) is 34.0. The molecule has 1 fully saturated rings. The molecule has 0 bridgehead atoms. The second-order valence-electron chi connectivity index (χ2n) is 9.38. The van der Waals surface area contributed by atoms with Crippen LogP contribution >= 0.6 is 0 Å². The molecule has 8 heteroatoms. The van der Waals surface area contributed by atoms with Crippen LogP contribution in [0.5, 0.6) is 0 Å². The highest BCUT2D eigenvalue weighted by Crippen LogP contribution is 2.35. The fourth-order valence-electron chi connectivity index (χ4n) is 5.34. The van der Waals surface area contributed by atoms with Crippen molar-refractivity contribution in [2.45, 2.75) is 32.4 Å². The molecular formula is C29H31N5O3. The Labute approximate surface area is 215 Å². The molecule has 0 amide bonds. The molecule has 3 heterocycles. The van der Waals surface area contributed by atoms with Crippen LogP contribution in [0, 0.1) is 10.1 Å². The van der Waals surface area contributed by atoms with E-state index in [9.17, 15) is 14.9 Å². The van der Waals surface area contributed by atoms with Crippen molar-refractivity contribution in [2.24, 2.45) is 0 Å². The summed E-state index contributed by atoms with van der Waals surface area (Å²) >= 11 is 0. The fourth-order valence-corrected chi connectivity index (χ4v) is 5.34. The first kappa shape index (κ1) is 24.6. The Kier molecular flexibility index (Phi) is 7.28. The van der Waals surface area contributed by atoms with E-state index in [0.717, 1.165) is 12.8 Å². The molecule has 0 saturated carbocycles. The lowest BCUT2D eigenvalue weighted by Gasteiger charge is -2.40. The molecule has 0 radical (unpaired) electrons. The number of pyridine rings is 2. The van der Waals surface area contributed by atoms with Gasteiger partial charge in [0.1, 0.15) is 11.2 Å². The Morgan fingerprint density at radius 1 is 0.919 bits per heavy atom. The van der Waals surface area contributed by atoms with Gasteiger partial charge in [-0.25, -0.2) is 0 Å². The number of nitro groups is 1. The minimum Gasteiger partial charge on any atom is -0.361 e. The normalized spacial score (nSPS) is 14.4. The van der Waals surface area contributed by atoms with Crippen LogP contribution in [0.3, 0.4) is 0 Å². The minimum absolute atomic E-state index is 0.0800. The highest BCUT2D eigenvalue weighted by Gasteiger charge is 2.33. The third kappa shape index (κ3) is 4.84. The fraction of sp³-hybridized carbons (Fsp3) is 0.310. The van der Waals surface area contributed by atoms with Gasteiger partial charge in [-0.2, -0.15) is 0 Å². The van der Waals surface area contributed by atoms with Crippen molar-refractivity contribution in [2.75, 3.05) is 31.1 Å². The van der Waals surface area contributed by atoms with Crippen molar-refractivity contribution >= 4 is 22.4 Å². The molecule has 37 heavy (non-hydrogen) atoms. The Hall–Kier alpha value is -4.04. The van der Waals surface area contributed by atoms with E-state index in [2.05, 4.69) is 58.4 Å². The predicted molar refractivity (Wildman–Crippen MR) is 146 cm³/mol. The first-order valence-electron chi connectivity index (χ1n) is 12.8. The molecule has 5 rings (SSSR count). The number of benzene rings is 2. The minimum atomic E-state index is -0.553. The lowest BCUT2D eigenvalue weighted by Crippen LogP contribution is -2.48. The number of fused-ring (bicyclic) bond motifs is 1. The molecule has 0 atom stereocenters.